The van der Waals surface area contributed by atoms with Crippen LogP contribution >= 0.6 is 0 Å². The van der Waals surface area contributed by atoms with Crippen LogP contribution in [0.15, 0.2) is 58.8 Å². The van der Waals surface area contributed by atoms with Crippen LogP contribution in [0.3, 0.4) is 0 Å². The van der Waals surface area contributed by atoms with E-state index in [9.17, 15) is 25.9 Å². The van der Waals surface area contributed by atoms with Gasteiger partial charge in [0.2, 0.25) is 23.8 Å². The maximum atomic E-state index is 12.1. The zero-order chi connectivity index (χ0) is 27.5. The molecule has 196 valence electrons. The van der Waals surface area contributed by atoms with Crippen LogP contribution in [0.1, 0.15) is 11.1 Å². The van der Waals surface area contributed by atoms with E-state index in [1.807, 2.05) is 0 Å². The molecule has 0 aliphatic heterocycles. The Hall–Kier alpha value is -4.78. The summed E-state index contributed by atoms with van der Waals surface area (Å²) in [5.41, 5.74) is 11.4. The van der Waals surface area contributed by atoms with Crippen LogP contribution in [-0.4, -0.2) is 55.8 Å². The molecule has 0 aliphatic carbocycles. The van der Waals surface area contributed by atoms with Gasteiger partial charge in [-0.1, -0.05) is 24.3 Å². The molecule has 0 saturated carbocycles. The molecule has 0 aliphatic rings. The van der Waals surface area contributed by atoms with Crippen LogP contribution in [0.25, 0.3) is 12.2 Å². The fourth-order valence-corrected chi connectivity index (χ4v) is 4.54. The highest BCUT2D eigenvalue weighted by molar-refractivity contribution is 7.86. The lowest BCUT2D eigenvalue weighted by molar-refractivity contribution is 0.480. The summed E-state index contributed by atoms with van der Waals surface area (Å²) in [6.45, 7) is 0. The molecular weight excluding hydrogens is 540 g/mol. The third-order valence-corrected chi connectivity index (χ3v) is 6.54. The minimum Gasteiger partial charge on any atom is -0.368 e. The Morgan fingerprint density at radius 2 is 1.05 bits per heavy atom. The van der Waals surface area contributed by atoms with Gasteiger partial charge < -0.3 is 22.1 Å². The van der Waals surface area contributed by atoms with Gasteiger partial charge in [0, 0.05) is 11.4 Å². The molecule has 2 aromatic carbocycles. The Morgan fingerprint density at radius 1 is 0.658 bits per heavy atom. The topological polar surface area (TPSA) is 262 Å². The second-order valence-electron chi connectivity index (χ2n) is 7.37. The van der Waals surface area contributed by atoms with E-state index in [0.717, 1.165) is 24.8 Å². The number of benzene rings is 2. The van der Waals surface area contributed by atoms with Gasteiger partial charge in [0.1, 0.15) is 22.4 Å². The van der Waals surface area contributed by atoms with Crippen LogP contribution in [0.2, 0.25) is 0 Å². The normalized spacial score (nSPS) is 11.9. The van der Waals surface area contributed by atoms with E-state index in [4.69, 9.17) is 11.5 Å². The quantitative estimate of drug-likeness (QED) is 0.132. The lowest BCUT2D eigenvalue weighted by Gasteiger charge is -2.10. The first-order chi connectivity index (χ1) is 17.9. The van der Waals surface area contributed by atoms with Crippen molar-refractivity contribution in [2.24, 2.45) is 0 Å². The molecule has 18 heteroatoms. The lowest BCUT2D eigenvalue weighted by Crippen LogP contribution is -2.05. The molecule has 0 amide bonds. The fraction of sp³-hybridized carbons (Fsp3) is 0. The Balaban J connectivity index is 1.68. The van der Waals surface area contributed by atoms with Gasteiger partial charge in [-0.2, -0.15) is 26.8 Å². The number of nitrogen functional groups attached to an aromatic ring is 2. The Kier molecular flexibility index (Phi) is 7.12. The zero-order valence-electron chi connectivity index (χ0n) is 19.0. The average molecular weight is 559 g/mol. The second-order valence-corrected chi connectivity index (χ2v) is 10.2. The van der Waals surface area contributed by atoms with E-state index in [2.05, 4.69) is 40.5 Å². The molecule has 0 saturated heterocycles. The minimum atomic E-state index is -4.72. The van der Waals surface area contributed by atoms with Crippen molar-refractivity contribution in [1.82, 2.24) is 29.9 Å². The highest BCUT2D eigenvalue weighted by Gasteiger charge is 2.18. The molecule has 16 nitrogen and oxygen atoms in total. The number of nitrogens with two attached hydrogens (primary N) is 2. The Labute approximate surface area is 215 Å². The van der Waals surface area contributed by atoms with Crippen LogP contribution < -0.4 is 22.1 Å². The third kappa shape index (κ3) is 6.50. The van der Waals surface area contributed by atoms with Gasteiger partial charge in [-0.15, -0.1) is 0 Å². The highest BCUT2D eigenvalue weighted by atomic mass is 32.2. The Bertz CT molecular complexity index is 1640. The zero-order valence-corrected chi connectivity index (χ0v) is 20.6. The summed E-state index contributed by atoms with van der Waals surface area (Å²) < 4.78 is 67.7. The first kappa shape index (κ1) is 26.3. The molecule has 2 aromatic heterocycles. The number of nitrogens with zero attached hydrogens (tertiary/aromatic N) is 6. The SMILES string of the molecule is Nc1ncnc(Nc2ccc(/C=C/c3ccc(Nc4ncnc(N)n4)cc3S(=O)(=O)O)c(S(=O)(=O)O)c2)n1. The summed E-state index contributed by atoms with van der Waals surface area (Å²) in [4.78, 5) is 21.7. The molecule has 0 bridgehead atoms. The lowest BCUT2D eigenvalue weighted by atomic mass is 10.1. The average Bonchev–Trinajstić information content (AvgIpc) is 2.82. The van der Waals surface area contributed by atoms with Gasteiger partial charge in [-0.3, -0.25) is 9.11 Å². The van der Waals surface area contributed by atoms with E-state index in [0.29, 0.717) is 0 Å². The monoisotopic (exact) mass is 558 g/mol. The number of rotatable bonds is 8. The summed E-state index contributed by atoms with van der Waals surface area (Å²) in [7, 11) is -9.44. The molecule has 4 aromatic rings. The molecule has 0 radical (unpaired) electrons. The smallest absolute Gasteiger partial charge is 0.295 e. The summed E-state index contributed by atoms with van der Waals surface area (Å²) in [6, 6.07) is 7.86. The maximum Gasteiger partial charge on any atom is 0.295 e. The van der Waals surface area contributed by atoms with E-state index in [1.54, 1.807) is 0 Å². The number of hydrogen-bond acceptors (Lipinski definition) is 14. The number of anilines is 6. The molecule has 0 unspecified atom stereocenters. The van der Waals surface area contributed by atoms with Gasteiger partial charge in [0.15, 0.2) is 0 Å². The summed E-state index contributed by atoms with van der Waals surface area (Å²) in [5, 5.41) is 5.47. The summed E-state index contributed by atoms with van der Waals surface area (Å²) >= 11 is 0. The predicted octanol–water partition coefficient (Wildman–Crippen LogP) is 1.37. The van der Waals surface area contributed by atoms with Crippen molar-refractivity contribution in [3.8, 4) is 0 Å². The number of hydrogen-bond donors (Lipinski definition) is 6. The Morgan fingerprint density at radius 3 is 1.39 bits per heavy atom. The number of nitrogens with one attached hydrogen (secondary N) is 2. The molecule has 38 heavy (non-hydrogen) atoms. The summed E-state index contributed by atoms with van der Waals surface area (Å²) in [5.74, 6) is -0.0578. The van der Waals surface area contributed by atoms with Crippen LogP contribution in [0, 0.1) is 0 Å². The highest BCUT2D eigenvalue weighted by Crippen LogP contribution is 2.27. The molecule has 4 rings (SSSR count). The van der Waals surface area contributed by atoms with Crippen molar-refractivity contribution in [1.29, 1.82) is 0 Å². The fourth-order valence-electron chi connectivity index (χ4n) is 3.12. The third-order valence-electron chi connectivity index (χ3n) is 4.72. The van der Waals surface area contributed by atoms with E-state index >= 15 is 0 Å². The van der Waals surface area contributed by atoms with Crippen molar-refractivity contribution in [2.75, 3.05) is 22.1 Å². The van der Waals surface area contributed by atoms with Crippen molar-refractivity contribution >= 4 is 67.6 Å². The predicted molar refractivity (Wildman–Crippen MR) is 136 cm³/mol. The molecule has 2 heterocycles. The molecule has 0 spiro atoms. The molecule has 8 N–H and O–H groups in total. The maximum absolute atomic E-state index is 12.1. The van der Waals surface area contributed by atoms with E-state index in [1.165, 1.54) is 36.4 Å². The van der Waals surface area contributed by atoms with Crippen LogP contribution in [-0.2, 0) is 20.2 Å². The first-order valence-corrected chi connectivity index (χ1v) is 13.1. The molecule has 0 atom stereocenters. The van der Waals surface area contributed by atoms with Crippen LogP contribution in [0.4, 0.5) is 35.2 Å². The second kappa shape index (κ2) is 10.3. The van der Waals surface area contributed by atoms with Gasteiger partial charge >= 0.3 is 0 Å². The van der Waals surface area contributed by atoms with Gasteiger partial charge in [0.25, 0.3) is 20.2 Å². The van der Waals surface area contributed by atoms with Crippen molar-refractivity contribution in [3.05, 3.63) is 60.2 Å². The standard InChI is InChI=1S/C20H18N10O6S2/c21-17-23-9-25-19(29-17)27-13-5-3-11(15(7-13)37(31,32)33)1-2-12-4-6-14(8-16(12)38(34,35)36)28-20-26-10-24-18(22)30-20/h1-10H,(H,31,32,33)(H,34,35,36)(H3,21,23,25,27,29)(H3,22,24,26,28,30)/b2-1+. The van der Waals surface area contributed by atoms with Crippen molar-refractivity contribution in [3.63, 3.8) is 0 Å². The van der Waals surface area contributed by atoms with Gasteiger partial charge in [-0.05, 0) is 35.4 Å². The van der Waals surface area contributed by atoms with Crippen LogP contribution in [0.5, 0.6) is 0 Å². The van der Waals surface area contributed by atoms with Gasteiger partial charge in [-0.25, -0.2) is 19.9 Å². The summed E-state index contributed by atoms with van der Waals surface area (Å²) in [6.07, 6.45) is 4.80. The number of aromatic nitrogens is 6. The molecule has 0 fully saturated rings. The van der Waals surface area contributed by atoms with Crippen molar-refractivity contribution in [2.45, 2.75) is 9.79 Å². The molecular formula is C20H18N10O6S2. The van der Waals surface area contributed by atoms with Gasteiger partial charge in [0.05, 0.1) is 0 Å². The van der Waals surface area contributed by atoms with E-state index in [-0.39, 0.29) is 46.3 Å². The first-order valence-electron chi connectivity index (χ1n) is 10.2. The minimum absolute atomic E-state index is 0.0114. The van der Waals surface area contributed by atoms with E-state index < -0.39 is 30.0 Å². The largest absolute Gasteiger partial charge is 0.368 e. The van der Waals surface area contributed by atoms with Crippen molar-refractivity contribution < 1.29 is 25.9 Å².